The number of hydrogen-bond donors (Lipinski definition) is 0. The number of aliphatic imine (C=N–C) groups is 1. The highest BCUT2D eigenvalue weighted by molar-refractivity contribution is 7.90. The number of benzene rings is 1. The van der Waals surface area contributed by atoms with Crippen molar-refractivity contribution in [2.24, 2.45) is 9.39 Å². The molecule has 23 heavy (non-hydrogen) atoms. The topological polar surface area (TPSA) is 71.3 Å². The average Bonchev–Trinajstić information content (AvgIpc) is 2.54. The van der Waals surface area contributed by atoms with Crippen molar-refractivity contribution in [3.63, 3.8) is 0 Å². The Bertz CT molecular complexity index is 764. The van der Waals surface area contributed by atoms with Crippen molar-refractivity contribution in [2.45, 2.75) is 19.8 Å². The summed E-state index contributed by atoms with van der Waals surface area (Å²) >= 11 is 0. The number of unbranched alkanes of at least 4 members (excludes halogenated alkanes) is 1. The summed E-state index contributed by atoms with van der Waals surface area (Å²) in [5, 5.41) is 0. The maximum Gasteiger partial charge on any atom is 0.256 e. The molecule has 1 aromatic carbocycles. The van der Waals surface area contributed by atoms with E-state index in [1.54, 1.807) is 12.4 Å². The van der Waals surface area contributed by atoms with E-state index in [9.17, 15) is 8.42 Å². The van der Waals surface area contributed by atoms with Crippen LogP contribution in [-0.2, 0) is 10.0 Å². The van der Waals surface area contributed by atoms with Crippen LogP contribution in [0.25, 0.3) is 0 Å². The average molecular weight is 333 g/mol. The minimum atomic E-state index is -3.41. The van der Waals surface area contributed by atoms with Crippen molar-refractivity contribution in [1.82, 2.24) is 4.90 Å². The van der Waals surface area contributed by atoms with E-state index >= 15 is 0 Å². The van der Waals surface area contributed by atoms with Crippen LogP contribution in [0.1, 0.15) is 25.3 Å². The first-order chi connectivity index (χ1) is 11.1. The number of amidine groups is 1. The molecule has 0 spiro atoms. The molecule has 2 heterocycles. The molecule has 3 rings (SSSR count). The number of fused-ring (bicyclic) bond motifs is 1. The fourth-order valence-electron chi connectivity index (χ4n) is 2.37. The molecule has 6 nitrogen and oxygen atoms in total. The second kappa shape index (κ2) is 6.54. The van der Waals surface area contributed by atoms with Gasteiger partial charge in [0.15, 0.2) is 5.84 Å². The van der Waals surface area contributed by atoms with Crippen LogP contribution in [-0.4, -0.2) is 43.8 Å². The number of ether oxygens (including phenoxy) is 1. The maximum absolute atomic E-state index is 11.8. The van der Waals surface area contributed by atoms with Gasteiger partial charge in [0.05, 0.1) is 12.4 Å². The molecule has 0 saturated heterocycles. The molecule has 0 radical (unpaired) electrons. The molecule has 0 aliphatic carbocycles. The molecule has 2 aliphatic heterocycles. The van der Waals surface area contributed by atoms with Gasteiger partial charge in [-0.3, -0.25) is 4.99 Å². The Morgan fingerprint density at radius 2 is 2.04 bits per heavy atom. The molecule has 0 unspecified atom stereocenters. The first-order valence-corrected chi connectivity index (χ1v) is 9.27. The van der Waals surface area contributed by atoms with Gasteiger partial charge >= 0.3 is 0 Å². The molecular weight excluding hydrogens is 314 g/mol. The number of sulfonamides is 1. The minimum Gasteiger partial charge on any atom is -0.494 e. The van der Waals surface area contributed by atoms with Gasteiger partial charge in [-0.1, -0.05) is 13.3 Å². The predicted octanol–water partition coefficient (Wildman–Crippen LogP) is 2.18. The summed E-state index contributed by atoms with van der Waals surface area (Å²) < 4.78 is 33.1. The van der Waals surface area contributed by atoms with Crippen LogP contribution in [0.5, 0.6) is 5.75 Å². The third-order valence-electron chi connectivity index (χ3n) is 3.64. The van der Waals surface area contributed by atoms with Gasteiger partial charge in [-0.15, -0.1) is 4.40 Å². The highest BCUT2D eigenvalue weighted by atomic mass is 32.2. The standard InChI is InChI=1S/C16H19N3O3S/c1-2-3-11-22-14-6-4-13(5-7-14)15-16-18-23(20,21)12-10-19(16)9-8-17-15/h4-9H,2-3,10-12H2,1H3. The second-order valence-corrected chi connectivity index (χ2v) is 7.15. The van der Waals surface area contributed by atoms with Gasteiger partial charge in [-0.05, 0) is 30.7 Å². The van der Waals surface area contributed by atoms with Crippen molar-refractivity contribution < 1.29 is 13.2 Å². The van der Waals surface area contributed by atoms with Crippen molar-refractivity contribution in [1.29, 1.82) is 0 Å². The highest BCUT2D eigenvalue weighted by Gasteiger charge is 2.28. The van der Waals surface area contributed by atoms with Gasteiger partial charge in [0.25, 0.3) is 10.0 Å². The van der Waals surface area contributed by atoms with Crippen molar-refractivity contribution in [3.05, 3.63) is 42.2 Å². The number of rotatable bonds is 5. The Balaban J connectivity index is 1.84. The molecule has 0 saturated carbocycles. The second-order valence-electron chi connectivity index (χ2n) is 5.40. The normalized spacial score (nSPS) is 18.9. The van der Waals surface area contributed by atoms with E-state index in [0.717, 1.165) is 24.2 Å². The minimum absolute atomic E-state index is 0.0261. The first kappa shape index (κ1) is 15.7. The number of nitrogens with zero attached hydrogens (tertiary/aromatic N) is 3. The lowest BCUT2D eigenvalue weighted by atomic mass is 10.1. The third-order valence-corrected chi connectivity index (χ3v) is 4.79. The van der Waals surface area contributed by atoms with Crippen molar-refractivity contribution >= 4 is 21.6 Å². The molecular formula is C16H19N3O3S. The maximum atomic E-state index is 11.8. The Hall–Kier alpha value is -2.15. The van der Waals surface area contributed by atoms with E-state index in [1.165, 1.54) is 0 Å². The summed E-state index contributed by atoms with van der Waals surface area (Å²) in [6, 6.07) is 7.49. The van der Waals surface area contributed by atoms with Crippen LogP contribution in [0.2, 0.25) is 0 Å². The zero-order chi connectivity index (χ0) is 16.3. The monoisotopic (exact) mass is 333 g/mol. The summed E-state index contributed by atoms with van der Waals surface area (Å²) in [5.41, 5.74) is 1.38. The highest BCUT2D eigenvalue weighted by Crippen LogP contribution is 2.19. The van der Waals surface area contributed by atoms with Gasteiger partial charge in [0.2, 0.25) is 0 Å². The summed E-state index contributed by atoms with van der Waals surface area (Å²) in [7, 11) is -3.41. The first-order valence-electron chi connectivity index (χ1n) is 7.66. The quantitative estimate of drug-likeness (QED) is 0.774. The van der Waals surface area contributed by atoms with E-state index in [-0.39, 0.29) is 5.75 Å². The predicted molar refractivity (Wildman–Crippen MR) is 90.4 cm³/mol. The van der Waals surface area contributed by atoms with E-state index in [4.69, 9.17) is 4.74 Å². The molecule has 0 aromatic heterocycles. The molecule has 122 valence electrons. The van der Waals surface area contributed by atoms with E-state index < -0.39 is 10.0 Å². The smallest absolute Gasteiger partial charge is 0.256 e. The summed E-state index contributed by atoms with van der Waals surface area (Å²) in [6.07, 6.45) is 5.52. The summed E-state index contributed by atoms with van der Waals surface area (Å²) in [4.78, 5) is 6.13. The van der Waals surface area contributed by atoms with E-state index in [2.05, 4.69) is 16.3 Å². The molecule has 0 fully saturated rings. The van der Waals surface area contributed by atoms with Crippen LogP contribution in [0.3, 0.4) is 0 Å². The Morgan fingerprint density at radius 1 is 1.26 bits per heavy atom. The van der Waals surface area contributed by atoms with Crippen LogP contribution in [0.15, 0.2) is 46.1 Å². The van der Waals surface area contributed by atoms with Crippen LogP contribution < -0.4 is 4.74 Å². The molecule has 0 bridgehead atoms. The van der Waals surface area contributed by atoms with Crippen LogP contribution in [0.4, 0.5) is 0 Å². The Labute approximate surface area is 136 Å². The van der Waals surface area contributed by atoms with Gasteiger partial charge in [-0.2, -0.15) is 0 Å². The molecule has 0 N–H and O–H groups in total. The SMILES string of the molecule is CCCCOc1ccc(C2=NC=CN3CCS(=O)(=O)N=C23)cc1. The lowest BCUT2D eigenvalue weighted by molar-refractivity contribution is 0.309. The van der Waals surface area contributed by atoms with Gasteiger partial charge in [0, 0.05) is 24.5 Å². The van der Waals surface area contributed by atoms with Gasteiger partial charge in [0.1, 0.15) is 11.5 Å². The van der Waals surface area contributed by atoms with Crippen molar-refractivity contribution in [2.75, 3.05) is 18.9 Å². The molecule has 0 atom stereocenters. The number of hydrogen-bond acceptors (Lipinski definition) is 5. The van der Waals surface area contributed by atoms with Crippen molar-refractivity contribution in [3.8, 4) is 5.75 Å². The van der Waals surface area contributed by atoms with Gasteiger partial charge in [-0.25, -0.2) is 8.42 Å². The fraction of sp³-hybridized carbons (Fsp3) is 0.375. The zero-order valence-electron chi connectivity index (χ0n) is 13.0. The third kappa shape index (κ3) is 3.61. The largest absolute Gasteiger partial charge is 0.494 e. The van der Waals surface area contributed by atoms with Gasteiger partial charge < -0.3 is 9.64 Å². The Morgan fingerprint density at radius 3 is 2.78 bits per heavy atom. The molecule has 7 heteroatoms. The zero-order valence-corrected chi connectivity index (χ0v) is 13.8. The lowest BCUT2D eigenvalue weighted by Crippen LogP contribution is -2.42. The molecule has 0 amide bonds. The molecule has 2 aliphatic rings. The fourth-order valence-corrected chi connectivity index (χ4v) is 3.34. The molecule has 1 aromatic rings. The van der Waals surface area contributed by atoms with Crippen LogP contribution in [0, 0.1) is 0 Å². The van der Waals surface area contributed by atoms with Crippen LogP contribution >= 0.6 is 0 Å². The lowest BCUT2D eigenvalue weighted by Gasteiger charge is -2.28. The van der Waals surface area contributed by atoms with E-state index in [1.807, 2.05) is 29.2 Å². The van der Waals surface area contributed by atoms with E-state index in [0.29, 0.717) is 24.7 Å². The summed E-state index contributed by atoms with van der Waals surface area (Å²) in [6.45, 7) is 3.21. The summed E-state index contributed by atoms with van der Waals surface area (Å²) in [5.74, 6) is 1.21. The Kier molecular flexibility index (Phi) is 4.47.